The average molecular weight is 291 g/mol. The molecule has 0 bridgehead atoms. The Morgan fingerprint density at radius 1 is 1.19 bits per heavy atom. The molecule has 1 fully saturated rings. The molecule has 1 aromatic rings. The molecule has 0 aliphatic carbocycles. The highest BCUT2D eigenvalue weighted by molar-refractivity contribution is 5.94. The fourth-order valence-electron chi connectivity index (χ4n) is 2.62. The molecule has 1 amide bonds. The lowest BCUT2D eigenvalue weighted by Crippen LogP contribution is -2.36. The van der Waals surface area contributed by atoms with Crippen LogP contribution >= 0.6 is 0 Å². The molecule has 2 rings (SSSR count). The van der Waals surface area contributed by atoms with Crippen molar-refractivity contribution in [2.75, 3.05) is 45.9 Å². The van der Waals surface area contributed by atoms with Crippen LogP contribution in [0.5, 0.6) is 5.75 Å². The minimum absolute atomic E-state index is 0.104. The summed E-state index contributed by atoms with van der Waals surface area (Å²) < 4.78 is 5.40. The predicted molar refractivity (Wildman–Crippen MR) is 83.6 cm³/mol. The van der Waals surface area contributed by atoms with E-state index in [1.165, 1.54) is 0 Å². The van der Waals surface area contributed by atoms with Gasteiger partial charge in [-0.2, -0.15) is 0 Å². The van der Waals surface area contributed by atoms with Gasteiger partial charge in [0.25, 0.3) is 5.91 Å². The van der Waals surface area contributed by atoms with Gasteiger partial charge in [-0.1, -0.05) is 0 Å². The van der Waals surface area contributed by atoms with E-state index in [2.05, 4.69) is 4.90 Å². The largest absolute Gasteiger partial charge is 0.494 e. The van der Waals surface area contributed by atoms with Crippen LogP contribution < -0.4 is 10.5 Å². The maximum atomic E-state index is 12.5. The Kier molecular flexibility index (Phi) is 6.02. The van der Waals surface area contributed by atoms with Gasteiger partial charge in [0.2, 0.25) is 0 Å². The van der Waals surface area contributed by atoms with Crippen molar-refractivity contribution in [3.63, 3.8) is 0 Å². The van der Waals surface area contributed by atoms with Crippen LogP contribution in [0.15, 0.2) is 24.3 Å². The fourth-order valence-corrected chi connectivity index (χ4v) is 2.62. The van der Waals surface area contributed by atoms with Crippen LogP contribution in [0.2, 0.25) is 0 Å². The minimum Gasteiger partial charge on any atom is -0.494 e. The summed E-state index contributed by atoms with van der Waals surface area (Å²) in [6.45, 7) is 7.67. The summed E-state index contributed by atoms with van der Waals surface area (Å²) in [6, 6.07) is 7.40. The van der Waals surface area contributed by atoms with E-state index in [1.807, 2.05) is 36.1 Å². The van der Waals surface area contributed by atoms with Crippen molar-refractivity contribution >= 4 is 5.91 Å². The van der Waals surface area contributed by atoms with Crippen LogP contribution in [0, 0.1) is 0 Å². The topological polar surface area (TPSA) is 58.8 Å². The molecule has 1 aromatic carbocycles. The SMILES string of the molecule is CCOc1ccc(C(=O)N2CCCN(CCN)CC2)cc1. The van der Waals surface area contributed by atoms with Crippen molar-refractivity contribution in [2.45, 2.75) is 13.3 Å². The van der Waals surface area contributed by atoms with Gasteiger partial charge in [-0.05, 0) is 44.2 Å². The van der Waals surface area contributed by atoms with Crippen LogP contribution in [-0.4, -0.2) is 61.6 Å². The molecular weight excluding hydrogens is 266 g/mol. The van der Waals surface area contributed by atoms with Crippen LogP contribution in [0.3, 0.4) is 0 Å². The van der Waals surface area contributed by atoms with Crippen LogP contribution in [0.25, 0.3) is 0 Å². The molecule has 1 aliphatic rings. The first-order valence-electron chi connectivity index (χ1n) is 7.69. The molecule has 0 saturated carbocycles. The highest BCUT2D eigenvalue weighted by atomic mass is 16.5. The van der Waals surface area contributed by atoms with Gasteiger partial charge < -0.3 is 20.3 Å². The van der Waals surface area contributed by atoms with E-state index >= 15 is 0 Å². The number of ether oxygens (including phenoxy) is 1. The second kappa shape index (κ2) is 8.00. The molecule has 0 aromatic heterocycles. The number of rotatable bonds is 5. The van der Waals surface area contributed by atoms with Gasteiger partial charge in [0.05, 0.1) is 6.61 Å². The normalized spacial score (nSPS) is 16.6. The highest BCUT2D eigenvalue weighted by Crippen LogP contribution is 2.15. The molecule has 1 heterocycles. The smallest absolute Gasteiger partial charge is 0.253 e. The standard InChI is InChI=1S/C16H25N3O2/c1-2-21-15-6-4-14(5-7-15)16(20)19-10-3-9-18(11-8-17)12-13-19/h4-7H,2-3,8-13,17H2,1H3. The van der Waals surface area contributed by atoms with Crippen molar-refractivity contribution in [3.8, 4) is 5.75 Å². The van der Waals surface area contributed by atoms with E-state index in [4.69, 9.17) is 10.5 Å². The van der Waals surface area contributed by atoms with E-state index in [-0.39, 0.29) is 5.91 Å². The number of benzene rings is 1. The van der Waals surface area contributed by atoms with Gasteiger partial charge in [0, 0.05) is 38.3 Å². The Morgan fingerprint density at radius 3 is 2.62 bits per heavy atom. The van der Waals surface area contributed by atoms with Gasteiger partial charge in [-0.25, -0.2) is 0 Å². The number of hydrogen-bond acceptors (Lipinski definition) is 4. The third-order valence-electron chi connectivity index (χ3n) is 3.73. The quantitative estimate of drug-likeness (QED) is 0.885. The summed E-state index contributed by atoms with van der Waals surface area (Å²) in [4.78, 5) is 16.8. The first-order valence-corrected chi connectivity index (χ1v) is 7.69. The molecular formula is C16H25N3O2. The maximum Gasteiger partial charge on any atom is 0.253 e. The molecule has 2 N–H and O–H groups in total. The fraction of sp³-hybridized carbons (Fsp3) is 0.562. The summed E-state index contributed by atoms with van der Waals surface area (Å²) in [5.41, 5.74) is 6.33. The van der Waals surface area contributed by atoms with E-state index in [0.717, 1.165) is 50.5 Å². The van der Waals surface area contributed by atoms with Crippen molar-refractivity contribution < 1.29 is 9.53 Å². The summed E-state index contributed by atoms with van der Waals surface area (Å²) >= 11 is 0. The molecule has 0 unspecified atom stereocenters. The van der Waals surface area contributed by atoms with Crippen molar-refractivity contribution in [2.24, 2.45) is 5.73 Å². The number of hydrogen-bond donors (Lipinski definition) is 1. The third kappa shape index (κ3) is 4.44. The first-order chi connectivity index (χ1) is 10.2. The van der Waals surface area contributed by atoms with E-state index < -0.39 is 0 Å². The number of carbonyl (C=O) groups excluding carboxylic acids is 1. The maximum absolute atomic E-state index is 12.5. The molecule has 0 atom stereocenters. The molecule has 0 spiro atoms. The molecule has 21 heavy (non-hydrogen) atoms. The Morgan fingerprint density at radius 2 is 1.95 bits per heavy atom. The number of amides is 1. The van der Waals surface area contributed by atoms with Gasteiger partial charge in [-0.15, -0.1) is 0 Å². The monoisotopic (exact) mass is 291 g/mol. The summed E-state index contributed by atoms with van der Waals surface area (Å²) in [7, 11) is 0. The lowest BCUT2D eigenvalue weighted by atomic mass is 10.2. The van der Waals surface area contributed by atoms with Crippen molar-refractivity contribution in [3.05, 3.63) is 29.8 Å². The third-order valence-corrected chi connectivity index (χ3v) is 3.73. The number of carbonyl (C=O) groups is 1. The lowest BCUT2D eigenvalue weighted by Gasteiger charge is -2.21. The van der Waals surface area contributed by atoms with Crippen LogP contribution in [0.4, 0.5) is 0 Å². The average Bonchev–Trinajstić information content (AvgIpc) is 2.74. The van der Waals surface area contributed by atoms with Gasteiger partial charge >= 0.3 is 0 Å². The summed E-state index contributed by atoms with van der Waals surface area (Å²) in [6.07, 6.45) is 1.00. The molecule has 1 saturated heterocycles. The Labute approximate surface area is 126 Å². The van der Waals surface area contributed by atoms with E-state index in [9.17, 15) is 4.79 Å². The zero-order valence-corrected chi connectivity index (χ0v) is 12.8. The summed E-state index contributed by atoms with van der Waals surface area (Å²) in [5, 5.41) is 0. The van der Waals surface area contributed by atoms with E-state index in [0.29, 0.717) is 13.2 Å². The minimum atomic E-state index is 0.104. The molecule has 5 heteroatoms. The lowest BCUT2D eigenvalue weighted by molar-refractivity contribution is 0.0761. The second-order valence-corrected chi connectivity index (χ2v) is 5.23. The Bertz CT molecular complexity index is 447. The van der Waals surface area contributed by atoms with Gasteiger partial charge in [0.15, 0.2) is 0 Å². The van der Waals surface area contributed by atoms with Crippen LogP contribution in [-0.2, 0) is 0 Å². The van der Waals surface area contributed by atoms with Gasteiger partial charge in [-0.3, -0.25) is 4.79 Å². The van der Waals surface area contributed by atoms with Crippen LogP contribution in [0.1, 0.15) is 23.7 Å². The van der Waals surface area contributed by atoms with E-state index in [1.54, 1.807) is 0 Å². The molecule has 0 radical (unpaired) electrons. The first kappa shape index (κ1) is 15.8. The molecule has 5 nitrogen and oxygen atoms in total. The zero-order valence-electron chi connectivity index (χ0n) is 12.8. The summed E-state index contributed by atoms with van der Waals surface area (Å²) in [5.74, 6) is 0.909. The predicted octanol–water partition coefficient (Wildman–Crippen LogP) is 1.19. The number of nitrogens with zero attached hydrogens (tertiary/aromatic N) is 2. The zero-order chi connectivity index (χ0) is 15.1. The highest BCUT2D eigenvalue weighted by Gasteiger charge is 2.19. The molecule has 1 aliphatic heterocycles. The second-order valence-electron chi connectivity index (χ2n) is 5.23. The van der Waals surface area contributed by atoms with Gasteiger partial charge in [0.1, 0.15) is 5.75 Å². The Hall–Kier alpha value is -1.59. The number of nitrogens with two attached hydrogens (primary N) is 1. The Balaban J connectivity index is 1.95. The molecule has 116 valence electrons. The van der Waals surface area contributed by atoms with Crippen molar-refractivity contribution in [1.82, 2.24) is 9.80 Å². The van der Waals surface area contributed by atoms with Crippen molar-refractivity contribution in [1.29, 1.82) is 0 Å².